The highest BCUT2D eigenvalue weighted by Crippen LogP contribution is 2.23. The molecule has 0 amide bonds. The summed E-state index contributed by atoms with van der Waals surface area (Å²) in [6.07, 6.45) is 1.26. The predicted molar refractivity (Wildman–Crippen MR) is 73.4 cm³/mol. The molecule has 1 aliphatic rings. The van der Waals surface area contributed by atoms with E-state index in [-0.39, 0.29) is 4.99 Å². The van der Waals surface area contributed by atoms with Gasteiger partial charge in [0.1, 0.15) is 0 Å². The van der Waals surface area contributed by atoms with E-state index in [1.165, 1.54) is 0 Å². The number of nitrogens with zero attached hydrogens (tertiary/aromatic N) is 1. The molecule has 0 spiro atoms. The fourth-order valence-corrected chi connectivity index (χ4v) is 3.20. The summed E-state index contributed by atoms with van der Waals surface area (Å²) in [5.74, 6) is 0. The summed E-state index contributed by atoms with van der Waals surface area (Å²) in [4.78, 5) is 2.38. The third kappa shape index (κ3) is 3.37. The molecule has 1 heterocycles. The third-order valence-electron chi connectivity index (χ3n) is 3.27. The molecule has 0 atom stereocenters. The van der Waals surface area contributed by atoms with Crippen LogP contribution >= 0.6 is 12.2 Å². The maximum absolute atomic E-state index is 11.9. The fraction of sp³-hybridized carbons (Fsp3) is 0.900. The van der Waals surface area contributed by atoms with Crippen LogP contribution in [0.25, 0.3) is 0 Å². The van der Waals surface area contributed by atoms with E-state index in [1.54, 1.807) is 13.8 Å². The summed E-state index contributed by atoms with van der Waals surface area (Å²) >= 11 is 5.05. The number of hydrogen-bond acceptors (Lipinski definition) is 4. The van der Waals surface area contributed by atoms with Gasteiger partial charge in [-0.1, -0.05) is 12.2 Å². The molecule has 1 rings (SSSR count). The van der Waals surface area contributed by atoms with Crippen LogP contribution in [0.4, 0.5) is 0 Å². The summed E-state index contributed by atoms with van der Waals surface area (Å²) in [7, 11) is -1.35. The molecule has 1 aliphatic heterocycles. The standard InChI is InChI=1S/C10H21N3O2S2/c1-8(2)17(14,15)12-10(9(11)16)4-6-13(3)7-5-10/h8,12H,4-7H2,1-3H3,(H2,11,16). The molecule has 7 heteroatoms. The van der Waals surface area contributed by atoms with Crippen molar-refractivity contribution in [3.63, 3.8) is 0 Å². The van der Waals surface area contributed by atoms with Gasteiger partial charge in [-0.15, -0.1) is 0 Å². The van der Waals surface area contributed by atoms with Gasteiger partial charge in [-0.05, 0) is 33.7 Å². The van der Waals surface area contributed by atoms with E-state index in [2.05, 4.69) is 9.62 Å². The van der Waals surface area contributed by atoms with Gasteiger partial charge in [0.05, 0.1) is 15.8 Å². The normalized spacial score (nSPS) is 21.6. The van der Waals surface area contributed by atoms with E-state index in [9.17, 15) is 8.42 Å². The second-order valence-corrected chi connectivity index (χ2v) is 7.62. The number of nitrogens with one attached hydrogen (secondary N) is 1. The average Bonchev–Trinajstić information content (AvgIpc) is 2.21. The molecule has 0 aromatic carbocycles. The Bertz CT molecular complexity index is 384. The van der Waals surface area contributed by atoms with Crippen molar-refractivity contribution in [3.8, 4) is 0 Å². The van der Waals surface area contributed by atoms with E-state index in [0.29, 0.717) is 12.8 Å². The molecule has 17 heavy (non-hydrogen) atoms. The number of likely N-dealkylation sites (tertiary alicyclic amines) is 1. The average molecular weight is 279 g/mol. The van der Waals surface area contributed by atoms with Gasteiger partial charge in [0.25, 0.3) is 0 Å². The Kier molecular flexibility index (Phi) is 4.51. The van der Waals surface area contributed by atoms with Gasteiger partial charge in [-0.2, -0.15) is 0 Å². The maximum Gasteiger partial charge on any atom is 0.214 e. The van der Waals surface area contributed by atoms with Crippen LogP contribution in [0.1, 0.15) is 26.7 Å². The Morgan fingerprint density at radius 3 is 2.24 bits per heavy atom. The summed E-state index contributed by atoms with van der Waals surface area (Å²) in [5, 5.41) is -0.478. The van der Waals surface area contributed by atoms with Crippen LogP contribution in [0.3, 0.4) is 0 Å². The molecule has 3 N–H and O–H groups in total. The van der Waals surface area contributed by atoms with Crippen molar-refractivity contribution in [1.82, 2.24) is 9.62 Å². The lowest BCUT2D eigenvalue weighted by atomic mass is 9.89. The Morgan fingerprint density at radius 2 is 1.88 bits per heavy atom. The van der Waals surface area contributed by atoms with Gasteiger partial charge in [0, 0.05) is 13.1 Å². The zero-order chi connectivity index (χ0) is 13.3. The van der Waals surface area contributed by atoms with Crippen LogP contribution in [-0.2, 0) is 10.0 Å². The van der Waals surface area contributed by atoms with Crippen molar-refractivity contribution in [2.75, 3.05) is 20.1 Å². The second kappa shape index (κ2) is 5.17. The van der Waals surface area contributed by atoms with Crippen molar-refractivity contribution >= 4 is 27.2 Å². The van der Waals surface area contributed by atoms with Gasteiger partial charge in [-0.25, -0.2) is 13.1 Å². The quantitative estimate of drug-likeness (QED) is 0.712. The van der Waals surface area contributed by atoms with Gasteiger partial charge < -0.3 is 10.6 Å². The van der Waals surface area contributed by atoms with Gasteiger partial charge in [0.15, 0.2) is 0 Å². The first-order valence-electron chi connectivity index (χ1n) is 5.71. The zero-order valence-electron chi connectivity index (χ0n) is 10.6. The Morgan fingerprint density at radius 1 is 1.41 bits per heavy atom. The topological polar surface area (TPSA) is 75.4 Å². The van der Waals surface area contributed by atoms with Crippen molar-refractivity contribution in [2.45, 2.75) is 37.5 Å². The first kappa shape index (κ1) is 14.8. The number of nitrogens with two attached hydrogens (primary N) is 1. The van der Waals surface area contributed by atoms with Crippen molar-refractivity contribution in [1.29, 1.82) is 0 Å². The maximum atomic E-state index is 11.9. The van der Waals surface area contributed by atoms with Crippen LogP contribution in [0.15, 0.2) is 0 Å². The molecule has 5 nitrogen and oxygen atoms in total. The van der Waals surface area contributed by atoms with Crippen molar-refractivity contribution in [3.05, 3.63) is 0 Å². The van der Waals surface area contributed by atoms with Crippen LogP contribution in [0, 0.1) is 0 Å². The number of hydrogen-bond donors (Lipinski definition) is 2. The van der Waals surface area contributed by atoms with Gasteiger partial charge in [0.2, 0.25) is 10.0 Å². The predicted octanol–water partition coefficient (Wildman–Crippen LogP) is 0.0647. The number of thiocarbonyl (C=S) groups is 1. The van der Waals surface area contributed by atoms with Gasteiger partial charge in [-0.3, -0.25) is 0 Å². The minimum atomic E-state index is -3.35. The highest BCUT2D eigenvalue weighted by atomic mass is 32.2. The largest absolute Gasteiger partial charge is 0.392 e. The van der Waals surface area contributed by atoms with Crippen molar-refractivity contribution in [2.24, 2.45) is 5.73 Å². The summed E-state index contributed by atoms with van der Waals surface area (Å²) in [6.45, 7) is 4.87. The molecular formula is C10H21N3O2S2. The lowest BCUT2D eigenvalue weighted by molar-refractivity contribution is 0.220. The first-order valence-corrected chi connectivity index (χ1v) is 7.66. The number of sulfonamides is 1. The summed E-state index contributed by atoms with van der Waals surface area (Å²) < 4.78 is 26.6. The SMILES string of the molecule is CC(C)S(=O)(=O)NC1(C(N)=S)CCN(C)CC1. The lowest BCUT2D eigenvalue weighted by Gasteiger charge is -2.40. The Hall–Kier alpha value is -0.240. The molecule has 0 aliphatic carbocycles. The monoisotopic (exact) mass is 279 g/mol. The minimum absolute atomic E-state index is 0.245. The lowest BCUT2D eigenvalue weighted by Crippen LogP contribution is -2.62. The molecule has 100 valence electrons. The number of piperidine rings is 1. The van der Waals surface area contributed by atoms with Crippen LogP contribution in [0.5, 0.6) is 0 Å². The highest BCUT2D eigenvalue weighted by molar-refractivity contribution is 7.90. The van der Waals surface area contributed by atoms with Crippen molar-refractivity contribution < 1.29 is 8.42 Å². The van der Waals surface area contributed by atoms with Crippen LogP contribution in [-0.4, -0.2) is 49.2 Å². The third-order valence-corrected chi connectivity index (χ3v) is 5.58. The molecular weight excluding hydrogens is 258 g/mol. The summed E-state index contributed by atoms with van der Waals surface area (Å²) in [6, 6.07) is 0. The summed E-state index contributed by atoms with van der Waals surface area (Å²) in [5.41, 5.74) is 5.00. The molecule has 0 radical (unpaired) electrons. The Balaban J connectivity index is 2.92. The molecule has 1 fully saturated rings. The molecule has 0 unspecified atom stereocenters. The molecule has 0 saturated carbocycles. The van der Waals surface area contributed by atoms with E-state index < -0.39 is 20.8 Å². The van der Waals surface area contributed by atoms with Gasteiger partial charge >= 0.3 is 0 Å². The van der Waals surface area contributed by atoms with Crippen LogP contribution < -0.4 is 10.5 Å². The highest BCUT2D eigenvalue weighted by Gasteiger charge is 2.40. The number of rotatable bonds is 4. The molecule has 1 saturated heterocycles. The molecule has 0 aromatic heterocycles. The smallest absolute Gasteiger partial charge is 0.214 e. The fourth-order valence-electron chi connectivity index (χ4n) is 1.79. The van der Waals surface area contributed by atoms with Crippen LogP contribution in [0.2, 0.25) is 0 Å². The van der Waals surface area contributed by atoms with E-state index in [4.69, 9.17) is 18.0 Å². The molecule has 0 bridgehead atoms. The first-order chi connectivity index (χ1) is 7.69. The molecule has 0 aromatic rings. The second-order valence-electron chi connectivity index (χ2n) is 4.95. The van der Waals surface area contributed by atoms with E-state index in [0.717, 1.165) is 13.1 Å². The Labute approximate surface area is 109 Å². The van der Waals surface area contributed by atoms with E-state index >= 15 is 0 Å². The van der Waals surface area contributed by atoms with E-state index in [1.807, 2.05) is 7.05 Å². The minimum Gasteiger partial charge on any atom is -0.392 e. The zero-order valence-corrected chi connectivity index (χ0v) is 12.2.